The Bertz CT molecular complexity index is 840. The Morgan fingerprint density at radius 3 is 2.39 bits per heavy atom. The third-order valence-electron chi connectivity index (χ3n) is 3.80. The van der Waals surface area contributed by atoms with Crippen molar-refractivity contribution in [3.63, 3.8) is 0 Å². The van der Waals surface area contributed by atoms with Crippen molar-refractivity contribution in [2.75, 3.05) is 32.6 Å². The number of esters is 1. The highest BCUT2D eigenvalue weighted by atomic mass is 19.4. The average Bonchev–Trinajstić information content (AvgIpc) is 2.67. The maximum atomic E-state index is 12.9. The summed E-state index contributed by atoms with van der Waals surface area (Å²) in [4.78, 5) is 25.2. The van der Waals surface area contributed by atoms with Crippen molar-refractivity contribution >= 4 is 17.7 Å². The first-order valence-corrected chi connectivity index (χ1v) is 8.22. The van der Waals surface area contributed by atoms with E-state index in [1.165, 1.54) is 49.4 Å². The first-order valence-electron chi connectivity index (χ1n) is 8.22. The van der Waals surface area contributed by atoms with Gasteiger partial charge >= 0.3 is 18.2 Å². The predicted octanol–water partition coefficient (Wildman–Crippen LogP) is 4.03. The number of urea groups is 1. The third-order valence-corrected chi connectivity index (χ3v) is 3.80. The van der Waals surface area contributed by atoms with Gasteiger partial charge in [0, 0.05) is 7.05 Å². The van der Waals surface area contributed by atoms with E-state index in [-0.39, 0.29) is 30.2 Å². The summed E-state index contributed by atoms with van der Waals surface area (Å²) in [7, 11) is 2.68. The number of carbonyl (C=O) groups is 2. The maximum absolute atomic E-state index is 12.9. The van der Waals surface area contributed by atoms with Crippen LogP contribution in [0.4, 0.5) is 23.7 Å². The largest absolute Gasteiger partial charge is 0.491 e. The minimum absolute atomic E-state index is 0.0262. The van der Waals surface area contributed by atoms with Gasteiger partial charge in [-0.25, -0.2) is 9.59 Å². The number of benzene rings is 2. The second-order valence-corrected chi connectivity index (χ2v) is 5.73. The molecule has 2 aromatic rings. The molecule has 0 aliphatic rings. The molecule has 2 amide bonds. The Morgan fingerprint density at radius 1 is 1.07 bits per heavy atom. The number of anilines is 1. The number of rotatable bonds is 6. The van der Waals surface area contributed by atoms with Gasteiger partial charge < -0.3 is 19.7 Å². The Kier molecular flexibility index (Phi) is 6.86. The van der Waals surface area contributed by atoms with Crippen molar-refractivity contribution in [1.29, 1.82) is 0 Å². The van der Waals surface area contributed by atoms with Gasteiger partial charge in [0.25, 0.3) is 0 Å². The van der Waals surface area contributed by atoms with Gasteiger partial charge in [-0.05, 0) is 24.3 Å². The van der Waals surface area contributed by atoms with Gasteiger partial charge in [0.2, 0.25) is 0 Å². The van der Waals surface area contributed by atoms with Gasteiger partial charge in [0.1, 0.15) is 12.4 Å². The van der Waals surface area contributed by atoms with Crippen LogP contribution < -0.4 is 10.1 Å². The monoisotopic (exact) mass is 396 g/mol. The number of nitrogens with one attached hydrogen (secondary N) is 1. The van der Waals surface area contributed by atoms with Crippen molar-refractivity contribution in [2.45, 2.75) is 6.18 Å². The van der Waals surface area contributed by atoms with Gasteiger partial charge in [0.15, 0.2) is 0 Å². The molecule has 0 saturated heterocycles. The fraction of sp³-hybridized carbons (Fsp3) is 0.263. The van der Waals surface area contributed by atoms with Gasteiger partial charge in [-0.15, -0.1) is 0 Å². The van der Waals surface area contributed by atoms with Crippen LogP contribution in [0.15, 0.2) is 48.5 Å². The molecule has 6 nitrogen and oxygen atoms in total. The van der Waals surface area contributed by atoms with E-state index in [1.807, 2.05) is 0 Å². The van der Waals surface area contributed by atoms with Crippen LogP contribution in [0.3, 0.4) is 0 Å². The summed E-state index contributed by atoms with van der Waals surface area (Å²) in [5.74, 6) is -0.912. The Morgan fingerprint density at radius 2 is 1.71 bits per heavy atom. The smallest absolute Gasteiger partial charge is 0.419 e. The molecule has 0 atom stereocenters. The number of para-hydroxylation sites is 2. The molecule has 1 N–H and O–H groups in total. The van der Waals surface area contributed by atoms with Gasteiger partial charge in [-0.2, -0.15) is 13.2 Å². The van der Waals surface area contributed by atoms with E-state index in [9.17, 15) is 22.8 Å². The first-order chi connectivity index (χ1) is 13.2. The number of hydrogen-bond donors (Lipinski definition) is 1. The van der Waals surface area contributed by atoms with E-state index in [0.717, 1.165) is 6.07 Å². The molecule has 2 rings (SSSR count). The van der Waals surface area contributed by atoms with Crippen molar-refractivity contribution in [3.05, 3.63) is 59.7 Å². The summed E-state index contributed by atoms with van der Waals surface area (Å²) >= 11 is 0. The van der Waals surface area contributed by atoms with Crippen LogP contribution in [-0.2, 0) is 10.9 Å². The normalized spacial score (nSPS) is 10.9. The number of alkyl halides is 3. The molecule has 0 heterocycles. The predicted molar refractivity (Wildman–Crippen MR) is 96.4 cm³/mol. The molecular formula is C19H19F3N2O4. The standard InChI is InChI=1S/C19H19F3N2O4/c1-24(11-12-28-16-10-6-4-8-14(16)19(20,21)22)18(26)23-15-9-5-3-7-13(15)17(25)27-2/h3-10H,11-12H2,1-2H3,(H,23,26). The van der Waals surface area contributed by atoms with Crippen LogP contribution in [0.2, 0.25) is 0 Å². The average molecular weight is 396 g/mol. The zero-order valence-electron chi connectivity index (χ0n) is 15.2. The van der Waals surface area contributed by atoms with Gasteiger partial charge in [0.05, 0.1) is 30.5 Å². The SMILES string of the molecule is COC(=O)c1ccccc1NC(=O)N(C)CCOc1ccccc1C(F)(F)F. The number of ether oxygens (including phenoxy) is 2. The minimum atomic E-state index is -4.53. The molecule has 0 unspecified atom stereocenters. The van der Waals surface area contributed by atoms with Gasteiger partial charge in [-0.1, -0.05) is 24.3 Å². The lowest BCUT2D eigenvalue weighted by atomic mass is 10.2. The zero-order chi connectivity index (χ0) is 20.7. The lowest BCUT2D eigenvalue weighted by Crippen LogP contribution is -2.35. The summed E-state index contributed by atoms with van der Waals surface area (Å²) in [6.07, 6.45) is -4.53. The summed E-state index contributed by atoms with van der Waals surface area (Å²) in [6, 6.07) is 10.6. The molecule has 150 valence electrons. The van der Waals surface area contributed by atoms with E-state index in [2.05, 4.69) is 10.1 Å². The fourth-order valence-electron chi connectivity index (χ4n) is 2.31. The summed E-state index contributed by atoms with van der Waals surface area (Å²) in [5, 5.41) is 2.56. The van der Waals surface area contributed by atoms with Crippen molar-refractivity contribution in [1.82, 2.24) is 4.90 Å². The van der Waals surface area contributed by atoms with E-state index in [0.29, 0.717) is 0 Å². The number of likely N-dealkylation sites (N-methyl/N-ethyl adjacent to an activating group) is 1. The third kappa shape index (κ3) is 5.38. The molecule has 0 saturated carbocycles. The van der Waals surface area contributed by atoms with E-state index >= 15 is 0 Å². The number of amides is 2. The summed E-state index contributed by atoms with van der Waals surface area (Å²) in [5.41, 5.74) is -0.439. The zero-order valence-corrected chi connectivity index (χ0v) is 15.2. The highest BCUT2D eigenvalue weighted by Crippen LogP contribution is 2.35. The summed E-state index contributed by atoms with van der Waals surface area (Å²) in [6.45, 7) is -0.117. The van der Waals surface area contributed by atoms with Gasteiger partial charge in [-0.3, -0.25) is 0 Å². The topological polar surface area (TPSA) is 67.9 Å². The van der Waals surface area contributed by atoms with Crippen LogP contribution >= 0.6 is 0 Å². The van der Waals surface area contributed by atoms with E-state index in [4.69, 9.17) is 4.74 Å². The number of hydrogen-bond acceptors (Lipinski definition) is 4. The lowest BCUT2D eigenvalue weighted by molar-refractivity contribution is -0.139. The van der Waals surface area contributed by atoms with Crippen LogP contribution in [0, 0.1) is 0 Å². The second-order valence-electron chi connectivity index (χ2n) is 5.73. The number of methoxy groups -OCH3 is 1. The molecule has 0 spiro atoms. The van der Waals surface area contributed by atoms with Crippen LogP contribution in [0.1, 0.15) is 15.9 Å². The molecule has 0 radical (unpaired) electrons. The molecule has 9 heteroatoms. The molecular weight excluding hydrogens is 377 g/mol. The molecule has 0 aliphatic heterocycles. The van der Waals surface area contributed by atoms with Crippen molar-refractivity contribution < 1.29 is 32.2 Å². The van der Waals surface area contributed by atoms with Crippen LogP contribution in [0.25, 0.3) is 0 Å². The second kappa shape index (κ2) is 9.12. The molecule has 0 fully saturated rings. The molecule has 28 heavy (non-hydrogen) atoms. The first kappa shape index (κ1) is 21.1. The van der Waals surface area contributed by atoms with Crippen molar-refractivity contribution in [3.8, 4) is 5.75 Å². The van der Waals surface area contributed by atoms with E-state index < -0.39 is 23.7 Å². The minimum Gasteiger partial charge on any atom is -0.491 e. The summed E-state index contributed by atoms with van der Waals surface area (Å²) < 4.78 is 48.7. The van der Waals surface area contributed by atoms with Crippen LogP contribution in [0.5, 0.6) is 5.75 Å². The highest BCUT2D eigenvalue weighted by molar-refractivity contribution is 6.00. The maximum Gasteiger partial charge on any atom is 0.419 e. The Hall–Kier alpha value is -3.23. The quantitative estimate of drug-likeness (QED) is 0.749. The molecule has 2 aromatic carbocycles. The molecule has 0 aliphatic carbocycles. The highest BCUT2D eigenvalue weighted by Gasteiger charge is 2.34. The number of halogens is 3. The molecule has 0 bridgehead atoms. The number of carbonyl (C=O) groups excluding carboxylic acids is 2. The fourth-order valence-corrected chi connectivity index (χ4v) is 2.31. The molecule has 0 aromatic heterocycles. The lowest BCUT2D eigenvalue weighted by Gasteiger charge is -2.20. The Balaban J connectivity index is 1.95. The van der Waals surface area contributed by atoms with Crippen LogP contribution in [-0.4, -0.2) is 44.2 Å². The van der Waals surface area contributed by atoms with Crippen molar-refractivity contribution in [2.24, 2.45) is 0 Å². The number of nitrogens with zero attached hydrogens (tertiary/aromatic N) is 1. The van der Waals surface area contributed by atoms with E-state index in [1.54, 1.807) is 12.1 Å². The Labute approximate surface area is 159 Å².